The lowest BCUT2D eigenvalue weighted by Gasteiger charge is -2.03. The normalized spacial score (nSPS) is 23.4. The molecule has 0 amide bonds. The van der Waals surface area contributed by atoms with E-state index in [-0.39, 0.29) is 0 Å². The van der Waals surface area contributed by atoms with Crippen molar-refractivity contribution in [3.05, 3.63) is 0 Å². The van der Waals surface area contributed by atoms with Crippen LogP contribution < -0.4 is 0 Å². The quantitative estimate of drug-likeness (QED) is 0.255. The maximum atomic E-state index is 2.16. The van der Waals surface area contributed by atoms with E-state index in [0.717, 1.165) is 10.5 Å². The molecule has 0 spiro atoms. The van der Waals surface area contributed by atoms with Crippen molar-refractivity contribution in [3.63, 3.8) is 0 Å². The molecule has 7 heteroatoms. The van der Waals surface area contributed by atoms with Crippen molar-refractivity contribution in [2.75, 3.05) is 69.0 Å². The summed E-state index contributed by atoms with van der Waals surface area (Å²) in [5.74, 6) is 16.5. The molecule has 21 heavy (non-hydrogen) atoms. The average molecular weight is 419 g/mol. The topological polar surface area (TPSA) is 0 Å². The van der Waals surface area contributed by atoms with Gasteiger partial charge < -0.3 is 0 Å². The number of hydrogen-bond acceptors (Lipinski definition) is 7. The van der Waals surface area contributed by atoms with E-state index in [0.29, 0.717) is 0 Å². The van der Waals surface area contributed by atoms with Gasteiger partial charge in [-0.15, -0.1) is 0 Å². The molecule has 0 saturated carbocycles. The molecule has 0 aromatic heterocycles. The summed E-state index contributed by atoms with van der Waals surface area (Å²) in [4.78, 5) is 0. The van der Waals surface area contributed by atoms with Crippen LogP contribution in [0.1, 0.15) is 0 Å². The largest absolute Gasteiger partial charge is 0.160 e. The molecule has 2 rings (SSSR count). The molecule has 124 valence electrons. The van der Waals surface area contributed by atoms with Crippen molar-refractivity contribution in [3.8, 4) is 0 Å². The zero-order chi connectivity index (χ0) is 14.6. The molecule has 0 aromatic rings. The van der Waals surface area contributed by atoms with Gasteiger partial charge in [-0.2, -0.15) is 82.3 Å². The van der Waals surface area contributed by atoms with Gasteiger partial charge >= 0.3 is 0 Å². The van der Waals surface area contributed by atoms with Crippen LogP contribution in [-0.4, -0.2) is 79.5 Å². The highest BCUT2D eigenvalue weighted by Crippen LogP contribution is 2.33. The molecule has 0 bridgehead atoms. The van der Waals surface area contributed by atoms with Crippen LogP contribution in [0.25, 0.3) is 0 Å². The summed E-state index contributed by atoms with van der Waals surface area (Å²) in [5, 5.41) is 2.03. The van der Waals surface area contributed by atoms with E-state index >= 15 is 0 Å². The Morgan fingerprint density at radius 1 is 0.524 bits per heavy atom. The first-order chi connectivity index (χ1) is 10.4. The van der Waals surface area contributed by atoms with E-state index in [1.54, 1.807) is 0 Å². The van der Waals surface area contributed by atoms with Crippen molar-refractivity contribution in [2.24, 2.45) is 0 Å². The minimum atomic E-state index is 1.01. The zero-order valence-electron chi connectivity index (χ0n) is 12.5. The second kappa shape index (κ2) is 13.7. The van der Waals surface area contributed by atoms with Crippen LogP contribution in [0.4, 0.5) is 0 Å². The van der Waals surface area contributed by atoms with Gasteiger partial charge in [-0.3, -0.25) is 0 Å². The van der Waals surface area contributed by atoms with Gasteiger partial charge in [0.2, 0.25) is 0 Å². The Bertz CT molecular complexity index is 219. The van der Waals surface area contributed by atoms with Crippen LogP contribution in [0, 0.1) is 0 Å². The Morgan fingerprint density at radius 3 is 1.10 bits per heavy atom. The molecule has 2 saturated heterocycles. The van der Waals surface area contributed by atoms with Crippen LogP contribution >= 0.6 is 82.3 Å². The van der Waals surface area contributed by atoms with E-state index in [4.69, 9.17) is 0 Å². The number of hydrogen-bond donors (Lipinski definition) is 0. The molecule has 2 atom stereocenters. The Balaban J connectivity index is 1.16. The lowest BCUT2D eigenvalue weighted by molar-refractivity contribution is 1.26. The van der Waals surface area contributed by atoms with Gasteiger partial charge in [-0.25, -0.2) is 0 Å². The maximum absolute atomic E-state index is 2.16. The zero-order valence-corrected chi connectivity index (χ0v) is 18.2. The first-order valence-corrected chi connectivity index (χ1v) is 15.4. The molecule has 0 nitrogen and oxygen atoms in total. The molecule has 0 aliphatic carbocycles. The summed E-state index contributed by atoms with van der Waals surface area (Å²) in [5.41, 5.74) is 0. The summed E-state index contributed by atoms with van der Waals surface area (Å²) < 4.78 is 0. The van der Waals surface area contributed by atoms with Crippen LogP contribution in [0.3, 0.4) is 0 Å². The molecular weight excluding hydrogens is 393 g/mol. The van der Waals surface area contributed by atoms with Crippen LogP contribution in [0.2, 0.25) is 0 Å². The molecular formula is C14H26S7. The monoisotopic (exact) mass is 418 g/mol. The van der Waals surface area contributed by atoms with Gasteiger partial charge in [-0.1, -0.05) is 0 Å². The van der Waals surface area contributed by atoms with Crippen LogP contribution in [0.15, 0.2) is 0 Å². The molecule has 0 radical (unpaired) electrons. The minimum absolute atomic E-state index is 1.01. The van der Waals surface area contributed by atoms with E-state index < -0.39 is 0 Å². The van der Waals surface area contributed by atoms with Crippen molar-refractivity contribution in [1.82, 2.24) is 0 Å². The Kier molecular flexibility index (Phi) is 12.9. The maximum Gasteiger partial charge on any atom is 0.0229 e. The highest BCUT2D eigenvalue weighted by Gasteiger charge is 2.21. The molecule has 2 fully saturated rings. The first-order valence-electron chi connectivity index (χ1n) is 7.57. The predicted octanol–water partition coefficient (Wildman–Crippen LogP) is 4.88. The fraction of sp³-hybridized carbons (Fsp3) is 1.00. The molecule has 2 aliphatic heterocycles. The highest BCUT2D eigenvalue weighted by molar-refractivity contribution is 8.09. The van der Waals surface area contributed by atoms with Crippen molar-refractivity contribution < 1.29 is 0 Å². The number of rotatable bonds is 16. The van der Waals surface area contributed by atoms with Gasteiger partial charge in [-0.05, 0) is 0 Å². The molecule has 2 unspecified atom stereocenters. The van der Waals surface area contributed by atoms with Gasteiger partial charge in [0.1, 0.15) is 0 Å². The summed E-state index contributed by atoms with van der Waals surface area (Å²) in [6.45, 7) is 0. The summed E-state index contributed by atoms with van der Waals surface area (Å²) in [7, 11) is 0. The third kappa shape index (κ3) is 13.4. The average Bonchev–Trinajstić information content (AvgIpc) is 3.37. The van der Waals surface area contributed by atoms with Gasteiger partial charge in [0.25, 0.3) is 0 Å². The molecule has 2 aliphatic rings. The highest BCUT2D eigenvalue weighted by atomic mass is 32.2. The SMILES string of the molecule is C(CSCCSCC1CS1)SCCSCCSCC1CS1. The second-order valence-electron chi connectivity index (χ2n) is 4.90. The summed E-state index contributed by atoms with van der Waals surface area (Å²) in [6.07, 6.45) is 0. The fourth-order valence-corrected chi connectivity index (χ4v) is 9.17. The fourth-order valence-electron chi connectivity index (χ4n) is 1.54. The third-order valence-corrected chi connectivity index (χ3v) is 11.5. The molecule has 0 aromatic carbocycles. The molecule has 2 heterocycles. The Hall–Kier alpha value is 2.45. The standard InChI is InChI=1S/C14H26S7/c1(3-16-5-7-18-9-13-11-20-13)15-2-4-17-6-8-19-10-14-12-21-14/h13-14H,1-12H2. The smallest absolute Gasteiger partial charge is 0.0229 e. The number of thioether (sulfide) groups is 7. The third-order valence-electron chi connectivity index (χ3n) is 2.90. The second-order valence-corrected chi connectivity index (χ2v) is 13.5. The van der Waals surface area contributed by atoms with Crippen molar-refractivity contribution >= 4 is 82.3 Å². The van der Waals surface area contributed by atoms with E-state index in [1.807, 2.05) is 0 Å². The van der Waals surface area contributed by atoms with Gasteiger partial charge in [0, 0.05) is 79.5 Å². The minimum Gasteiger partial charge on any atom is -0.160 e. The Labute approximate surface area is 160 Å². The predicted molar refractivity (Wildman–Crippen MR) is 119 cm³/mol. The molecule has 0 N–H and O–H groups in total. The Morgan fingerprint density at radius 2 is 0.810 bits per heavy atom. The van der Waals surface area contributed by atoms with Crippen LogP contribution in [-0.2, 0) is 0 Å². The lowest BCUT2D eigenvalue weighted by atomic mass is 10.6. The van der Waals surface area contributed by atoms with Gasteiger partial charge in [0.05, 0.1) is 0 Å². The van der Waals surface area contributed by atoms with Crippen molar-refractivity contribution in [1.29, 1.82) is 0 Å². The summed E-state index contributed by atoms with van der Waals surface area (Å²) in [6, 6.07) is 0. The van der Waals surface area contributed by atoms with Crippen molar-refractivity contribution in [2.45, 2.75) is 10.5 Å². The van der Waals surface area contributed by atoms with E-state index in [2.05, 4.69) is 82.3 Å². The van der Waals surface area contributed by atoms with E-state index in [9.17, 15) is 0 Å². The lowest BCUT2D eigenvalue weighted by Crippen LogP contribution is -1.96. The summed E-state index contributed by atoms with van der Waals surface area (Å²) >= 11 is 15.0. The van der Waals surface area contributed by atoms with E-state index in [1.165, 1.54) is 69.0 Å². The first kappa shape index (κ1) is 19.8. The van der Waals surface area contributed by atoms with Crippen LogP contribution in [0.5, 0.6) is 0 Å². The van der Waals surface area contributed by atoms with Gasteiger partial charge in [0.15, 0.2) is 0 Å².